The van der Waals surface area contributed by atoms with Gasteiger partial charge in [-0.25, -0.2) is 9.97 Å². The minimum absolute atomic E-state index is 0.101. The van der Waals surface area contributed by atoms with Gasteiger partial charge in [0.25, 0.3) is 5.91 Å². The second kappa shape index (κ2) is 9.70. The van der Waals surface area contributed by atoms with Crippen LogP contribution >= 0.6 is 0 Å². The number of alkyl halides is 3. The average Bonchev–Trinajstić information content (AvgIpc) is 2.88. The molecule has 37 heavy (non-hydrogen) atoms. The number of hydrogen-bond acceptors (Lipinski definition) is 6. The largest absolute Gasteiger partial charge is 0.416 e. The molecule has 1 amide bonds. The quantitative estimate of drug-likeness (QED) is 0.390. The highest BCUT2D eigenvalue weighted by atomic mass is 19.4. The number of carbonyl (C=O) groups is 1. The van der Waals surface area contributed by atoms with Gasteiger partial charge in [0.1, 0.15) is 0 Å². The van der Waals surface area contributed by atoms with Crippen LogP contribution in [0.4, 0.5) is 30.5 Å². The monoisotopic (exact) mass is 507 g/mol. The normalized spacial score (nSPS) is 14.1. The molecule has 0 spiro atoms. The number of morpholine rings is 1. The van der Waals surface area contributed by atoms with Crippen molar-refractivity contribution in [1.29, 1.82) is 0 Å². The fourth-order valence-corrected chi connectivity index (χ4v) is 4.38. The van der Waals surface area contributed by atoms with E-state index in [9.17, 15) is 18.0 Å². The molecule has 5 rings (SSSR count). The first-order valence-corrected chi connectivity index (χ1v) is 11.7. The first kappa shape index (κ1) is 24.5. The number of ether oxygens (including phenoxy) is 1. The van der Waals surface area contributed by atoms with Gasteiger partial charge in [-0.05, 0) is 66.1 Å². The second-order valence-corrected chi connectivity index (χ2v) is 8.81. The van der Waals surface area contributed by atoms with Crippen LogP contribution in [-0.2, 0) is 10.9 Å². The van der Waals surface area contributed by atoms with Crippen molar-refractivity contribution in [2.75, 3.05) is 42.3 Å². The maximum absolute atomic E-state index is 13.5. The summed E-state index contributed by atoms with van der Waals surface area (Å²) in [6, 6.07) is 14.2. The van der Waals surface area contributed by atoms with Crippen LogP contribution < -0.4 is 16.0 Å². The summed E-state index contributed by atoms with van der Waals surface area (Å²) in [5.41, 5.74) is 9.06. The number of nitrogens with two attached hydrogens (primary N) is 1. The fraction of sp³-hybridized carbons (Fsp3) is 0.222. The maximum Gasteiger partial charge on any atom is 0.416 e. The number of anilines is 3. The number of rotatable bonds is 4. The molecule has 7 nitrogen and oxygen atoms in total. The highest BCUT2D eigenvalue weighted by Gasteiger charge is 2.32. The molecule has 0 atom stereocenters. The molecule has 1 saturated heterocycles. The summed E-state index contributed by atoms with van der Waals surface area (Å²) in [5.74, 6) is -0.326. The predicted molar refractivity (Wildman–Crippen MR) is 137 cm³/mol. The molecule has 1 fully saturated rings. The van der Waals surface area contributed by atoms with Crippen LogP contribution in [0.2, 0.25) is 0 Å². The topological polar surface area (TPSA) is 93.4 Å². The molecule has 0 bridgehead atoms. The van der Waals surface area contributed by atoms with E-state index in [2.05, 4.69) is 15.3 Å². The lowest BCUT2D eigenvalue weighted by molar-refractivity contribution is -0.137. The number of benzene rings is 3. The lowest BCUT2D eigenvalue weighted by Gasteiger charge is -2.31. The first-order chi connectivity index (χ1) is 17.7. The van der Waals surface area contributed by atoms with Crippen LogP contribution in [0.3, 0.4) is 0 Å². The Labute approximate surface area is 211 Å². The number of hydrogen-bond donors (Lipinski definition) is 2. The number of nitrogens with one attached hydrogen (secondary N) is 1. The number of aromatic nitrogens is 2. The number of fused-ring (bicyclic) bond motifs is 1. The van der Waals surface area contributed by atoms with Crippen LogP contribution in [0.15, 0.2) is 60.8 Å². The molecule has 10 heteroatoms. The Bertz CT molecular complexity index is 1480. The van der Waals surface area contributed by atoms with Crippen LogP contribution in [0.25, 0.3) is 22.0 Å². The Morgan fingerprint density at radius 1 is 1.05 bits per heavy atom. The van der Waals surface area contributed by atoms with Gasteiger partial charge in [0, 0.05) is 30.2 Å². The maximum atomic E-state index is 13.5. The van der Waals surface area contributed by atoms with E-state index in [0.717, 1.165) is 34.2 Å². The molecular formula is C27H24F3N5O2. The van der Waals surface area contributed by atoms with Crippen LogP contribution in [0.5, 0.6) is 0 Å². The summed E-state index contributed by atoms with van der Waals surface area (Å²) in [4.78, 5) is 23.4. The van der Waals surface area contributed by atoms with Crippen molar-refractivity contribution < 1.29 is 22.7 Å². The second-order valence-electron chi connectivity index (χ2n) is 8.81. The Morgan fingerprint density at radius 2 is 1.84 bits per heavy atom. The molecular weight excluding hydrogens is 483 g/mol. The lowest BCUT2D eigenvalue weighted by Crippen LogP contribution is -2.36. The molecule has 190 valence electrons. The van der Waals surface area contributed by atoms with Gasteiger partial charge in [-0.2, -0.15) is 13.2 Å². The van der Waals surface area contributed by atoms with Crippen molar-refractivity contribution in [3.8, 4) is 11.1 Å². The number of nitrogen functional groups attached to an aromatic ring is 1. The Hall–Kier alpha value is -4.18. The van der Waals surface area contributed by atoms with Gasteiger partial charge in [0.15, 0.2) is 0 Å². The molecule has 0 unspecified atom stereocenters. The molecule has 0 aliphatic carbocycles. The minimum Gasteiger partial charge on any atom is -0.378 e. The fourth-order valence-electron chi connectivity index (χ4n) is 4.38. The standard InChI is InChI=1S/C27H24F3N5O2/c1-16-2-3-18(13-21(16)17-4-6-22-19(12-17)15-32-26(31)34-22)25(36)33-23-14-20(27(28,29)30)5-7-24(23)35-8-10-37-11-9-35/h2-7,12-15H,8-11H2,1H3,(H,33,36)(H2,31,32,34). The van der Waals surface area contributed by atoms with E-state index in [0.29, 0.717) is 43.1 Å². The van der Waals surface area contributed by atoms with Gasteiger partial charge in [-0.1, -0.05) is 12.1 Å². The van der Waals surface area contributed by atoms with Crippen molar-refractivity contribution in [2.45, 2.75) is 13.1 Å². The van der Waals surface area contributed by atoms with E-state index >= 15 is 0 Å². The summed E-state index contributed by atoms with van der Waals surface area (Å²) >= 11 is 0. The summed E-state index contributed by atoms with van der Waals surface area (Å²) in [6.07, 6.45) is -2.90. The van der Waals surface area contributed by atoms with Crippen molar-refractivity contribution >= 4 is 34.1 Å². The number of carbonyl (C=O) groups excluding carboxylic acids is 1. The molecule has 0 saturated carbocycles. The smallest absolute Gasteiger partial charge is 0.378 e. The molecule has 1 aromatic heterocycles. The van der Waals surface area contributed by atoms with Crippen molar-refractivity contribution in [2.24, 2.45) is 0 Å². The predicted octanol–water partition coefficient (Wildman–Crippen LogP) is 5.30. The van der Waals surface area contributed by atoms with E-state index in [1.807, 2.05) is 36.1 Å². The lowest BCUT2D eigenvalue weighted by atomic mass is 9.97. The summed E-state index contributed by atoms with van der Waals surface area (Å²) in [7, 11) is 0. The number of halogens is 3. The molecule has 4 aromatic rings. The van der Waals surface area contributed by atoms with Crippen LogP contribution in [-0.4, -0.2) is 42.2 Å². The number of aryl methyl sites for hydroxylation is 1. The van der Waals surface area contributed by atoms with Crippen LogP contribution in [0, 0.1) is 6.92 Å². The number of nitrogens with zero attached hydrogens (tertiary/aromatic N) is 3. The first-order valence-electron chi connectivity index (χ1n) is 11.7. The van der Waals surface area contributed by atoms with Crippen LogP contribution in [0.1, 0.15) is 21.5 Å². The highest BCUT2D eigenvalue weighted by molar-refractivity contribution is 6.07. The average molecular weight is 508 g/mol. The van der Waals surface area contributed by atoms with E-state index < -0.39 is 17.6 Å². The van der Waals surface area contributed by atoms with Crippen molar-refractivity contribution in [1.82, 2.24) is 9.97 Å². The van der Waals surface area contributed by atoms with Crippen molar-refractivity contribution in [3.63, 3.8) is 0 Å². The molecule has 2 heterocycles. The Kier molecular flexibility index (Phi) is 6.43. The van der Waals surface area contributed by atoms with Gasteiger partial charge in [-0.3, -0.25) is 4.79 Å². The van der Waals surface area contributed by atoms with Crippen molar-refractivity contribution in [3.05, 3.63) is 77.5 Å². The third-order valence-corrected chi connectivity index (χ3v) is 6.33. The molecule has 3 N–H and O–H groups in total. The van der Waals surface area contributed by atoms with Gasteiger partial charge >= 0.3 is 6.18 Å². The van der Waals surface area contributed by atoms with Gasteiger partial charge in [0.05, 0.1) is 35.7 Å². The van der Waals surface area contributed by atoms with E-state index in [4.69, 9.17) is 10.5 Å². The zero-order valence-corrected chi connectivity index (χ0v) is 20.0. The molecule has 0 radical (unpaired) electrons. The SMILES string of the molecule is Cc1ccc(C(=O)Nc2cc(C(F)(F)F)ccc2N2CCOCC2)cc1-c1ccc2nc(N)ncc2c1. The Balaban J connectivity index is 1.48. The zero-order chi connectivity index (χ0) is 26.2. The van der Waals surface area contributed by atoms with E-state index in [-0.39, 0.29) is 11.6 Å². The number of amides is 1. The summed E-state index contributed by atoms with van der Waals surface area (Å²) in [6.45, 7) is 3.86. The van der Waals surface area contributed by atoms with Gasteiger partial charge in [-0.15, -0.1) is 0 Å². The van der Waals surface area contributed by atoms with E-state index in [1.54, 1.807) is 18.3 Å². The molecule has 3 aromatic carbocycles. The molecule has 1 aliphatic heterocycles. The van der Waals surface area contributed by atoms with Gasteiger partial charge < -0.3 is 20.7 Å². The summed E-state index contributed by atoms with van der Waals surface area (Å²) < 4.78 is 45.7. The third-order valence-electron chi connectivity index (χ3n) is 6.33. The minimum atomic E-state index is -4.54. The highest BCUT2D eigenvalue weighted by Crippen LogP contribution is 2.36. The van der Waals surface area contributed by atoms with E-state index in [1.165, 1.54) is 6.07 Å². The van der Waals surface area contributed by atoms with Gasteiger partial charge in [0.2, 0.25) is 5.95 Å². The zero-order valence-electron chi connectivity index (χ0n) is 20.0. The summed E-state index contributed by atoms with van der Waals surface area (Å²) in [5, 5.41) is 3.51. The Morgan fingerprint density at radius 3 is 2.59 bits per heavy atom. The third kappa shape index (κ3) is 5.19. The molecule has 1 aliphatic rings.